The molecular weight excluding hydrogens is 116 g/mol. The molecule has 0 aromatic rings. The maximum Gasteiger partial charge on any atom is 0.161 e. The van der Waals surface area contributed by atoms with Crippen LogP contribution in [0.5, 0.6) is 0 Å². The molecule has 0 rings (SSSR count). The van der Waals surface area contributed by atoms with Crippen LogP contribution in [0, 0.1) is 0 Å². The standard InChI is InChI=1S/C6H10N2O/c1-5(9)3-4-8-6(2)7/h3,6H,7H2,1-2H3/t6-/m1/s1. The van der Waals surface area contributed by atoms with Crippen LogP contribution >= 0.6 is 0 Å². The molecule has 0 aliphatic carbocycles. The summed E-state index contributed by atoms with van der Waals surface area (Å²) >= 11 is 0. The first-order valence-electron chi connectivity index (χ1n) is 2.67. The fourth-order valence-electron chi connectivity index (χ4n) is 0.246. The maximum absolute atomic E-state index is 10.2. The highest BCUT2D eigenvalue weighted by Crippen LogP contribution is 1.71. The summed E-state index contributed by atoms with van der Waals surface area (Å²) in [6.07, 6.45) is 0.976. The van der Waals surface area contributed by atoms with Crippen molar-refractivity contribution in [2.24, 2.45) is 10.7 Å². The highest BCUT2D eigenvalue weighted by atomic mass is 16.1. The average molecular weight is 126 g/mol. The summed E-state index contributed by atoms with van der Waals surface area (Å²) in [7, 11) is 0. The van der Waals surface area contributed by atoms with E-state index < -0.39 is 0 Å². The van der Waals surface area contributed by atoms with Gasteiger partial charge in [0.2, 0.25) is 0 Å². The van der Waals surface area contributed by atoms with Crippen molar-refractivity contribution in [2.45, 2.75) is 20.0 Å². The third-order valence-corrected chi connectivity index (χ3v) is 0.546. The largest absolute Gasteiger partial charge is 0.309 e. The first-order chi connectivity index (χ1) is 4.13. The summed E-state index contributed by atoms with van der Waals surface area (Å²) in [5.41, 5.74) is 5.22. The summed E-state index contributed by atoms with van der Waals surface area (Å²) in [4.78, 5) is 13.8. The van der Waals surface area contributed by atoms with Crippen LogP contribution in [0.2, 0.25) is 0 Å². The highest BCUT2D eigenvalue weighted by Gasteiger charge is 1.80. The van der Waals surface area contributed by atoms with Crippen LogP contribution in [0.25, 0.3) is 0 Å². The quantitative estimate of drug-likeness (QED) is 0.421. The minimum absolute atomic E-state index is 0.0700. The summed E-state index contributed by atoms with van der Waals surface area (Å²) < 4.78 is 0. The second-order valence-corrected chi connectivity index (χ2v) is 1.75. The number of allylic oxidation sites excluding steroid dienone is 1. The molecule has 0 aliphatic heterocycles. The maximum atomic E-state index is 10.2. The Bertz CT molecular complexity index is 154. The Morgan fingerprint density at radius 2 is 2.44 bits per heavy atom. The van der Waals surface area contributed by atoms with E-state index in [1.807, 2.05) is 0 Å². The summed E-state index contributed by atoms with van der Waals surface area (Å²) in [6.45, 7) is 3.14. The third kappa shape index (κ3) is 7.08. The van der Waals surface area contributed by atoms with Gasteiger partial charge in [0.25, 0.3) is 0 Å². The molecular formula is C6H10N2O. The Morgan fingerprint density at radius 3 is 2.78 bits per heavy atom. The van der Waals surface area contributed by atoms with E-state index in [1.165, 1.54) is 13.0 Å². The van der Waals surface area contributed by atoms with E-state index in [0.717, 1.165) is 0 Å². The molecule has 0 aliphatic rings. The molecule has 3 heteroatoms. The number of aliphatic imine (C=N–C) groups is 1. The molecule has 2 N–H and O–H groups in total. The Labute approximate surface area is 54.3 Å². The number of nitrogens with zero attached hydrogens (tertiary/aromatic N) is 1. The van der Waals surface area contributed by atoms with Crippen LogP contribution < -0.4 is 5.73 Å². The molecule has 0 spiro atoms. The smallest absolute Gasteiger partial charge is 0.161 e. The van der Waals surface area contributed by atoms with E-state index in [1.54, 1.807) is 6.92 Å². The molecule has 0 radical (unpaired) electrons. The number of nitrogens with two attached hydrogens (primary N) is 1. The van der Waals surface area contributed by atoms with Gasteiger partial charge in [-0.1, -0.05) is 0 Å². The normalized spacial score (nSPS) is 11.4. The average Bonchev–Trinajstić information content (AvgIpc) is 1.63. The molecule has 9 heavy (non-hydrogen) atoms. The van der Waals surface area contributed by atoms with Crippen LogP contribution in [-0.2, 0) is 4.79 Å². The van der Waals surface area contributed by atoms with E-state index in [0.29, 0.717) is 0 Å². The molecule has 0 amide bonds. The van der Waals surface area contributed by atoms with E-state index >= 15 is 0 Å². The molecule has 0 aromatic carbocycles. The van der Waals surface area contributed by atoms with Crippen LogP contribution in [0.3, 0.4) is 0 Å². The predicted octanol–water partition coefficient (Wildman–Crippen LogP) is 0.106. The van der Waals surface area contributed by atoms with E-state index in [4.69, 9.17) is 5.73 Å². The van der Waals surface area contributed by atoms with Gasteiger partial charge in [-0.05, 0) is 19.7 Å². The van der Waals surface area contributed by atoms with Crippen LogP contribution in [0.15, 0.2) is 11.1 Å². The molecule has 0 aromatic heterocycles. The predicted molar refractivity (Wildman–Crippen MR) is 36.3 cm³/mol. The Balaban J connectivity index is 3.82. The Kier molecular flexibility index (Phi) is 3.60. The van der Waals surface area contributed by atoms with Gasteiger partial charge in [-0.25, -0.2) is 4.99 Å². The highest BCUT2D eigenvalue weighted by molar-refractivity contribution is 5.94. The van der Waals surface area contributed by atoms with Crippen molar-refractivity contribution in [1.82, 2.24) is 0 Å². The van der Waals surface area contributed by atoms with Gasteiger partial charge in [0.05, 0.1) is 0 Å². The zero-order chi connectivity index (χ0) is 7.28. The van der Waals surface area contributed by atoms with Gasteiger partial charge >= 0.3 is 0 Å². The van der Waals surface area contributed by atoms with Gasteiger partial charge in [-0.3, -0.25) is 4.79 Å². The molecule has 0 unspecified atom stereocenters. The zero-order valence-corrected chi connectivity index (χ0v) is 5.59. The Morgan fingerprint density at radius 1 is 1.89 bits per heavy atom. The second-order valence-electron chi connectivity index (χ2n) is 1.75. The molecule has 0 heterocycles. The lowest BCUT2D eigenvalue weighted by Gasteiger charge is -1.86. The first kappa shape index (κ1) is 8.08. The molecule has 1 atom stereocenters. The number of carbonyl (C=O) groups is 1. The van der Waals surface area contributed by atoms with Gasteiger partial charge < -0.3 is 5.73 Å². The van der Waals surface area contributed by atoms with Crippen molar-refractivity contribution >= 4 is 11.7 Å². The van der Waals surface area contributed by atoms with Gasteiger partial charge in [0.1, 0.15) is 6.17 Å². The van der Waals surface area contributed by atoms with E-state index in [9.17, 15) is 4.79 Å². The first-order valence-corrected chi connectivity index (χ1v) is 2.67. The topological polar surface area (TPSA) is 55.5 Å². The Hall–Kier alpha value is -0.920. The lowest BCUT2D eigenvalue weighted by Crippen LogP contribution is -2.10. The number of rotatable bonds is 2. The lowest BCUT2D eigenvalue weighted by atomic mass is 10.4. The third-order valence-electron chi connectivity index (χ3n) is 0.546. The SMILES string of the molecule is CC(=O)C=C=N[C@H](C)N. The van der Waals surface area contributed by atoms with Gasteiger partial charge in [0.15, 0.2) is 5.78 Å². The van der Waals surface area contributed by atoms with Crippen LogP contribution in [0.1, 0.15) is 13.8 Å². The van der Waals surface area contributed by atoms with Gasteiger partial charge in [-0.2, -0.15) is 0 Å². The van der Waals surface area contributed by atoms with E-state index in [-0.39, 0.29) is 11.9 Å². The fourth-order valence-corrected chi connectivity index (χ4v) is 0.246. The van der Waals surface area contributed by atoms with Crippen LogP contribution in [-0.4, -0.2) is 17.8 Å². The summed E-state index contributed by atoms with van der Waals surface area (Å²) in [5.74, 6) is 2.34. The van der Waals surface area contributed by atoms with Crippen molar-refractivity contribution in [3.63, 3.8) is 0 Å². The van der Waals surface area contributed by atoms with Gasteiger partial charge in [-0.15, -0.1) is 0 Å². The number of ketones is 1. The molecule has 0 fully saturated rings. The van der Waals surface area contributed by atoms with Crippen LogP contribution in [0.4, 0.5) is 0 Å². The molecule has 50 valence electrons. The lowest BCUT2D eigenvalue weighted by molar-refractivity contribution is -0.112. The second kappa shape index (κ2) is 4.01. The summed E-state index contributed by atoms with van der Waals surface area (Å²) in [5, 5.41) is 0. The fraction of sp³-hybridized carbons (Fsp3) is 0.500. The van der Waals surface area contributed by atoms with Gasteiger partial charge in [0, 0.05) is 6.08 Å². The monoisotopic (exact) mass is 126 g/mol. The molecule has 0 saturated carbocycles. The zero-order valence-electron chi connectivity index (χ0n) is 5.59. The minimum atomic E-state index is -0.277. The number of hydrogen-bond donors (Lipinski definition) is 1. The van der Waals surface area contributed by atoms with E-state index in [2.05, 4.69) is 10.9 Å². The number of hydrogen-bond acceptors (Lipinski definition) is 3. The van der Waals surface area contributed by atoms with Crippen molar-refractivity contribution < 1.29 is 4.79 Å². The minimum Gasteiger partial charge on any atom is -0.309 e. The summed E-state index contributed by atoms with van der Waals surface area (Å²) in [6, 6.07) is 0. The van der Waals surface area contributed by atoms with Crippen molar-refractivity contribution in [3.05, 3.63) is 6.08 Å². The van der Waals surface area contributed by atoms with Crippen molar-refractivity contribution in [1.29, 1.82) is 0 Å². The molecule has 0 saturated heterocycles. The van der Waals surface area contributed by atoms with Crippen molar-refractivity contribution in [3.8, 4) is 0 Å². The molecule has 0 bridgehead atoms. The number of carbonyl (C=O) groups excluding carboxylic acids is 1. The van der Waals surface area contributed by atoms with Crippen molar-refractivity contribution in [2.75, 3.05) is 0 Å². The molecule has 3 nitrogen and oxygen atoms in total.